The molecule has 3 rings (SSSR count). The summed E-state index contributed by atoms with van der Waals surface area (Å²) in [5, 5.41) is 0. The topological polar surface area (TPSA) is 17.1 Å². The van der Waals surface area contributed by atoms with E-state index in [-0.39, 0.29) is 5.78 Å². The second-order valence-electron chi connectivity index (χ2n) is 4.86. The van der Waals surface area contributed by atoms with Crippen molar-refractivity contribution < 1.29 is 4.79 Å². The summed E-state index contributed by atoms with van der Waals surface area (Å²) in [6, 6.07) is 13.9. The summed E-state index contributed by atoms with van der Waals surface area (Å²) in [6.45, 7) is 0. The standard InChI is InChI=1S/C17H12Br2O/c18-14-8-11(9-15(19)10-14)7-13-6-5-12-3-1-2-4-16(12)17(13)20/h1-4,7-10H,5-6H2/b13-7+. The molecule has 0 unspecified atom stereocenters. The Kier molecular flexibility index (Phi) is 3.90. The van der Waals surface area contributed by atoms with Gasteiger partial charge in [-0.1, -0.05) is 56.1 Å². The molecule has 20 heavy (non-hydrogen) atoms. The molecule has 2 aromatic carbocycles. The number of Topliss-reactive ketones (excluding diaryl/α,β-unsaturated/α-hetero) is 1. The van der Waals surface area contributed by atoms with Crippen LogP contribution in [-0.4, -0.2) is 5.78 Å². The van der Waals surface area contributed by atoms with E-state index in [4.69, 9.17) is 0 Å². The lowest BCUT2D eigenvalue weighted by Crippen LogP contribution is -2.13. The van der Waals surface area contributed by atoms with Crippen LogP contribution in [-0.2, 0) is 6.42 Å². The van der Waals surface area contributed by atoms with Gasteiger partial charge in [-0.3, -0.25) is 4.79 Å². The number of fused-ring (bicyclic) bond motifs is 1. The number of hydrogen-bond donors (Lipinski definition) is 0. The Morgan fingerprint density at radius 2 is 1.65 bits per heavy atom. The molecule has 0 N–H and O–H groups in total. The van der Waals surface area contributed by atoms with E-state index in [1.165, 1.54) is 0 Å². The summed E-state index contributed by atoms with van der Waals surface area (Å²) in [7, 11) is 0. The van der Waals surface area contributed by atoms with Crippen LogP contribution in [0.4, 0.5) is 0 Å². The van der Waals surface area contributed by atoms with Crippen LogP contribution in [0.1, 0.15) is 27.9 Å². The molecule has 1 aliphatic rings. The zero-order chi connectivity index (χ0) is 14.1. The second kappa shape index (κ2) is 5.66. The van der Waals surface area contributed by atoms with Gasteiger partial charge in [-0.15, -0.1) is 0 Å². The fourth-order valence-electron chi connectivity index (χ4n) is 2.51. The third-order valence-electron chi connectivity index (χ3n) is 3.44. The molecule has 0 amide bonds. The highest BCUT2D eigenvalue weighted by molar-refractivity contribution is 9.11. The summed E-state index contributed by atoms with van der Waals surface area (Å²) in [5.41, 5.74) is 3.92. The van der Waals surface area contributed by atoms with Gasteiger partial charge in [0, 0.05) is 20.1 Å². The van der Waals surface area contributed by atoms with E-state index in [9.17, 15) is 4.79 Å². The molecular formula is C17H12Br2O. The molecule has 0 spiro atoms. The van der Waals surface area contributed by atoms with Crippen molar-refractivity contribution in [1.29, 1.82) is 0 Å². The van der Waals surface area contributed by atoms with Gasteiger partial charge >= 0.3 is 0 Å². The van der Waals surface area contributed by atoms with Crippen LogP contribution >= 0.6 is 31.9 Å². The smallest absolute Gasteiger partial charge is 0.189 e. The Morgan fingerprint density at radius 1 is 0.950 bits per heavy atom. The number of carbonyl (C=O) groups excluding carboxylic acids is 1. The van der Waals surface area contributed by atoms with E-state index in [2.05, 4.69) is 31.9 Å². The highest BCUT2D eigenvalue weighted by Crippen LogP contribution is 2.28. The molecule has 100 valence electrons. The molecule has 0 saturated carbocycles. The number of allylic oxidation sites excluding steroid dienone is 1. The minimum Gasteiger partial charge on any atom is -0.289 e. The molecule has 3 heteroatoms. The van der Waals surface area contributed by atoms with Crippen molar-refractivity contribution >= 4 is 43.7 Å². The molecule has 1 nitrogen and oxygen atoms in total. The second-order valence-corrected chi connectivity index (χ2v) is 6.69. The fraction of sp³-hybridized carbons (Fsp3) is 0.118. The van der Waals surface area contributed by atoms with Crippen LogP contribution in [0, 0.1) is 0 Å². The van der Waals surface area contributed by atoms with Crippen molar-refractivity contribution in [2.24, 2.45) is 0 Å². The van der Waals surface area contributed by atoms with Crippen molar-refractivity contribution in [2.45, 2.75) is 12.8 Å². The molecule has 2 aromatic rings. The Morgan fingerprint density at radius 3 is 2.40 bits per heavy atom. The number of rotatable bonds is 1. The van der Waals surface area contributed by atoms with Gasteiger partial charge in [-0.25, -0.2) is 0 Å². The first kappa shape index (κ1) is 13.8. The first-order valence-electron chi connectivity index (χ1n) is 6.43. The Labute approximate surface area is 135 Å². The number of ketones is 1. The van der Waals surface area contributed by atoms with Crippen molar-refractivity contribution in [3.05, 3.63) is 73.7 Å². The van der Waals surface area contributed by atoms with Gasteiger partial charge in [0.05, 0.1) is 0 Å². The number of carbonyl (C=O) groups is 1. The normalized spacial score (nSPS) is 16.3. The number of aryl methyl sites for hydroxylation is 1. The lowest BCUT2D eigenvalue weighted by molar-refractivity contribution is 0.102. The van der Waals surface area contributed by atoms with Crippen molar-refractivity contribution in [1.82, 2.24) is 0 Å². The van der Waals surface area contributed by atoms with Gasteiger partial charge in [0.25, 0.3) is 0 Å². The summed E-state index contributed by atoms with van der Waals surface area (Å²) in [6.07, 6.45) is 3.73. The molecule has 0 aliphatic heterocycles. The molecule has 0 aromatic heterocycles. The van der Waals surface area contributed by atoms with Gasteiger partial charge in [-0.05, 0) is 48.2 Å². The first-order valence-corrected chi connectivity index (χ1v) is 8.01. The first-order chi connectivity index (χ1) is 9.63. The molecular weight excluding hydrogens is 380 g/mol. The molecule has 0 radical (unpaired) electrons. The van der Waals surface area contributed by atoms with E-state index in [0.29, 0.717) is 0 Å². The highest BCUT2D eigenvalue weighted by Gasteiger charge is 2.21. The number of benzene rings is 2. The fourth-order valence-corrected chi connectivity index (χ4v) is 3.84. The average Bonchev–Trinajstić information content (AvgIpc) is 2.41. The quantitative estimate of drug-likeness (QED) is 0.592. The van der Waals surface area contributed by atoms with Crippen molar-refractivity contribution in [3.8, 4) is 0 Å². The maximum Gasteiger partial charge on any atom is 0.189 e. The van der Waals surface area contributed by atoms with E-state index in [1.54, 1.807) is 0 Å². The van der Waals surface area contributed by atoms with Crippen LogP contribution in [0.5, 0.6) is 0 Å². The zero-order valence-electron chi connectivity index (χ0n) is 10.7. The molecule has 0 saturated heterocycles. The third kappa shape index (κ3) is 2.79. The Bertz CT molecular complexity index is 696. The summed E-state index contributed by atoms with van der Waals surface area (Å²) in [4.78, 5) is 12.5. The zero-order valence-corrected chi connectivity index (χ0v) is 13.9. The Hall–Kier alpha value is -1.19. The van der Waals surface area contributed by atoms with Gasteiger partial charge < -0.3 is 0 Å². The highest BCUT2D eigenvalue weighted by atomic mass is 79.9. The lowest BCUT2D eigenvalue weighted by atomic mass is 9.86. The predicted octanol–water partition coefficient (Wildman–Crippen LogP) is 5.42. The van der Waals surface area contributed by atoms with Gasteiger partial charge in [0.15, 0.2) is 5.78 Å². The Balaban J connectivity index is 2.00. The molecule has 0 heterocycles. The van der Waals surface area contributed by atoms with Gasteiger partial charge in [0.1, 0.15) is 0 Å². The van der Waals surface area contributed by atoms with E-state index >= 15 is 0 Å². The summed E-state index contributed by atoms with van der Waals surface area (Å²) in [5.74, 6) is 0.156. The molecule has 0 bridgehead atoms. The average molecular weight is 392 g/mol. The summed E-state index contributed by atoms with van der Waals surface area (Å²) >= 11 is 6.95. The van der Waals surface area contributed by atoms with Crippen molar-refractivity contribution in [2.75, 3.05) is 0 Å². The van der Waals surface area contributed by atoms with Crippen LogP contribution in [0.3, 0.4) is 0 Å². The minimum atomic E-state index is 0.156. The van der Waals surface area contributed by atoms with Crippen LogP contribution in [0.15, 0.2) is 57.0 Å². The SMILES string of the molecule is O=C1/C(=C/c2cc(Br)cc(Br)c2)CCc2ccccc21. The van der Waals surface area contributed by atoms with Crippen LogP contribution < -0.4 is 0 Å². The molecule has 0 atom stereocenters. The molecule has 1 aliphatic carbocycles. The maximum absolute atomic E-state index is 12.5. The number of halogens is 2. The van der Waals surface area contributed by atoms with E-state index in [0.717, 1.165) is 44.1 Å². The number of hydrogen-bond acceptors (Lipinski definition) is 1. The van der Waals surface area contributed by atoms with Gasteiger partial charge in [-0.2, -0.15) is 0 Å². The van der Waals surface area contributed by atoms with E-state index < -0.39 is 0 Å². The summed E-state index contributed by atoms with van der Waals surface area (Å²) < 4.78 is 2.00. The van der Waals surface area contributed by atoms with Crippen LogP contribution in [0.25, 0.3) is 6.08 Å². The predicted molar refractivity (Wildman–Crippen MR) is 88.9 cm³/mol. The van der Waals surface area contributed by atoms with E-state index in [1.807, 2.05) is 48.5 Å². The molecule has 0 fully saturated rings. The minimum absolute atomic E-state index is 0.156. The van der Waals surface area contributed by atoms with Gasteiger partial charge in [0.2, 0.25) is 0 Å². The largest absolute Gasteiger partial charge is 0.289 e. The van der Waals surface area contributed by atoms with Crippen LogP contribution in [0.2, 0.25) is 0 Å². The lowest BCUT2D eigenvalue weighted by Gasteiger charge is -2.17. The third-order valence-corrected chi connectivity index (χ3v) is 4.36. The maximum atomic E-state index is 12.5. The van der Waals surface area contributed by atoms with Crippen molar-refractivity contribution in [3.63, 3.8) is 0 Å². The monoisotopic (exact) mass is 390 g/mol.